The summed E-state index contributed by atoms with van der Waals surface area (Å²) in [5, 5.41) is 8.77. The van der Waals surface area contributed by atoms with Gasteiger partial charge in [0.2, 0.25) is 0 Å². The first-order chi connectivity index (χ1) is 9.60. The molecule has 0 saturated heterocycles. The lowest BCUT2D eigenvalue weighted by atomic mass is 10.1. The van der Waals surface area contributed by atoms with Gasteiger partial charge in [-0.2, -0.15) is 5.10 Å². The first kappa shape index (κ1) is 17.5. The SMILES string of the molecule is CCCCCC(NCC)c1c(Cl)cnn1CCN(C)C. The lowest BCUT2D eigenvalue weighted by Gasteiger charge is -2.21. The highest BCUT2D eigenvalue weighted by Gasteiger charge is 2.19. The first-order valence-electron chi connectivity index (χ1n) is 7.69. The van der Waals surface area contributed by atoms with E-state index >= 15 is 0 Å². The Balaban J connectivity index is 2.79. The minimum atomic E-state index is 0.309. The topological polar surface area (TPSA) is 33.1 Å². The highest BCUT2D eigenvalue weighted by Crippen LogP contribution is 2.26. The van der Waals surface area contributed by atoms with Crippen LogP contribution < -0.4 is 5.32 Å². The van der Waals surface area contributed by atoms with Crippen LogP contribution in [0.4, 0.5) is 0 Å². The molecular weight excluding hydrogens is 272 g/mol. The number of rotatable bonds is 10. The number of halogens is 1. The van der Waals surface area contributed by atoms with E-state index in [1.165, 1.54) is 19.3 Å². The van der Waals surface area contributed by atoms with Gasteiger partial charge >= 0.3 is 0 Å². The average Bonchev–Trinajstić information content (AvgIpc) is 2.77. The third kappa shape index (κ3) is 5.43. The molecule has 0 amide bonds. The Morgan fingerprint density at radius 3 is 2.70 bits per heavy atom. The van der Waals surface area contributed by atoms with Gasteiger partial charge in [0, 0.05) is 6.54 Å². The van der Waals surface area contributed by atoms with Gasteiger partial charge in [0.05, 0.1) is 29.5 Å². The number of unbranched alkanes of at least 4 members (excludes halogenated alkanes) is 2. The van der Waals surface area contributed by atoms with E-state index in [4.69, 9.17) is 11.6 Å². The summed E-state index contributed by atoms with van der Waals surface area (Å²) in [5.41, 5.74) is 1.14. The first-order valence-corrected chi connectivity index (χ1v) is 8.07. The number of likely N-dealkylation sites (N-methyl/N-ethyl adjacent to an activating group) is 1. The number of nitrogens with zero attached hydrogens (tertiary/aromatic N) is 3. The van der Waals surface area contributed by atoms with Crippen molar-refractivity contribution in [2.45, 2.75) is 52.1 Å². The van der Waals surface area contributed by atoms with Gasteiger partial charge in [0.25, 0.3) is 0 Å². The van der Waals surface area contributed by atoms with Crippen molar-refractivity contribution in [2.75, 3.05) is 27.2 Å². The Bertz CT molecular complexity index is 376. The van der Waals surface area contributed by atoms with Gasteiger partial charge in [0.15, 0.2) is 0 Å². The van der Waals surface area contributed by atoms with Crippen LogP contribution in [0.3, 0.4) is 0 Å². The number of aromatic nitrogens is 2. The molecule has 5 heteroatoms. The predicted octanol–water partition coefficient (Wildman–Crippen LogP) is 3.33. The Labute approximate surface area is 128 Å². The summed E-state index contributed by atoms with van der Waals surface area (Å²) in [7, 11) is 4.15. The molecule has 0 aliphatic rings. The highest BCUT2D eigenvalue weighted by molar-refractivity contribution is 6.31. The molecule has 20 heavy (non-hydrogen) atoms. The zero-order valence-electron chi connectivity index (χ0n) is 13.3. The van der Waals surface area contributed by atoms with E-state index in [2.05, 4.69) is 47.9 Å². The van der Waals surface area contributed by atoms with Crippen molar-refractivity contribution in [1.29, 1.82) is 0 Å². The molecule has 0 spiro atoms. The Morgan fingerprint density at radius 1 is 1.35 bits per heavy atom. The van der Waals surface area contributed by atoms with E-state index in [0.717, 1.165) is 36.8 Å². The molecule has 1 N–H and O–H groups in total. The van der Waals surface area contributed by atoms with Crippen LogP contribution in [0, 0.1) is 0 Å². The molecule has 0 aliphatic heterocycles. The van der Waals surface area contributed by atoms with Crippen LogP contribution >= 0.6 is 11.6 Å². The molecule has 1 aromatic rings. The molecule has 116 valence electrons. The van der Waals surface area contributed by atoms with Crippen LogP contribution in [0.15, 0.2) is 6.20 Å². The van der Waals surface area contributed by atoms with Gasteiger partial charge in [-0.25, -0.2) is 0 Å². The molecule has 0 bridgehead atoms. The summed E-state index contributed by atoms with van der Waals surface area (Å²) in [4.78, 5) is 2.17. The Kier molecular flexibility index (Phi) is 8.19. The fourth-order valence-corrected chi connectivity index (χ4v) is 2.64. The van der Waals surface area contributed by atoms with Gasteiger partial charge in [-0.3, -0.25) is 4.68 Å². The quantitative estimate of drug-likeness (QED) is 0.673. The van der Waals surface area contributed by atoms with Crippen molar-refractivity contribution in [3.63, 3.8) is 0 Å². The molecule has 0 aliphatic carbocycles. The fraction of sp³-hybridized carbons (Fsp3) is 0.800. The van der Waals surface area contributed by atoms with Crippen molar-refractivity contribution >= 4 is 11.6 Å². The molecule has 1 aromatic heterocycles. The Morgan fingerprint density at radius 2 is 2.10 bits per heavy atom. The zero-order chi connectivity index (χ0) is 15.0. The maximum atomic E-state index is 6.37. The van der Waals surface area contributed by atoms with Gasteiger partial charge in [0.1, 0.15) is 0 Å². The van der Waals surface area contributed by atoms with E-state index in [-0.39, 0.29) is 0 Å². The van der Waals surface area contributed by atoms with E-state index in [1.807, 2.05) is 0 Å². The second kappa shape index (κ2) is 9.37. The summed E-state index contributed by atoms with van der Waals surface area (Å²) in [6.45, 7) is 7.17. The number of nitrogens with one attached hydrogen (secondary N) is 1. The summed E-state index contributed by atoms with van der Waals surface area (Å²) < 4.78 is 2.06. The molecule has 0 fully saturated rings. The zero-order valence-corrected chi connectivity index (χ0v) is 14.1. The standard InChI is InChI=1S/C15H29ClN4/c1-5-7-8-9-14(17-6-2)15-13(16)12-18-20(15)11-10-19(3)4/h12,14,17H,5-11H2,1-4H3. The van der Waals surface area contributed by atoms with Crippen LogP contribution in [-0.4, -0.2) is 41.9 Å². The molecular formula is C15H29ClN4. The van der Waals surface area contributed by atoms with Crippen molar-refractivity contribution in [2.24, 2.45) is 0 Å². The maximum Gasteiger partial charge on any atom is 0.0834 e. The summed E-state index contributed by atoms with van der Waals surface area (Å²) >= 11 is 6.37. The summed E-state index contributed by atoms with van der Waals surface area (Å²) in [6, 6.07) is 0.309. The smallest absolute Gasteiger partial charge is 0.0834 e. The second-order valence-corrected chi connectivity index (χ2v) is 5.92. The summed E-state index contributed by atoms with van der Waals surface area (Å²) in [6.07, 6.45) is 6.63. The normalized spacial score (nSPS) is 13.1. The third-order valence-corrected chi connectivity index (χ3v) is 3.76. The lowest BCUT2D eigenvalue weighted by Crippen LogP contribution is -2.26. The van der Waals surface area contributed by atoms with E-state index in [1.54, 1.807) is 6.20 Å². The van der Waals surface area contributed by atoms with Gasteiger partial charge in [-0.1, -0.05) is 44.7 Å². The number of hydrogen-bond donors (Lipinski definition) is 1. The number of hydrogen-bond acceptors (Lipinski definition) is 3. The maximum absolute atomic E-state index is 6.37. The van der Waals surface area contributed by atoms with E-state index < -0.39 is 0 Å². The molecule has 0 radical (unpaired) electrons. The van der Waals surface area contributed by atoms with Crippen molar-refractivity contribution < 1.29 is 0 Å². The van der Waals surface area contributed by atoms with E-state index in [0.29, 0.717) is 6.04 Å². The van der Waals surface area contributed by atoms with E-state index in [9.17, 15) is 0 Å². The van der Waals surface area contributed by atoms with Crippen molar-refractivity contribution in [3.8, 4) is 0 Å². The Hall–Kier alpha value is -0.580. The highest BCUT2D eigenvalue weighted by atomic mass is 35.5. The van der Waals surface area contributed by atoms with Crippen LogP contribution in [-0.2, 0) is 6.54 Å². The molecule has 1 atom stereocenters. The molecule has 1 rings (SSSR count). The predicted molar refractivity (Wildman–Crippen MR) is 86.4 cm³/mol. The molecule has 1 heterocycles. The van der Waals surface area contributed by atoms with Gasteiger partial charge < -0.3 is 10.2 Å². The summed E-state index contributed by atoms with van der Waals surface area (Å²) in [5.74, 6) is 0. The van der Waals surface area contributed by atoms with Crippen molar-refractivity contribution in [1.82, 2.24) is 20.0 Å². The lowest BCUT2D eigenvalue weighted by molar-refractivity contribution is 0.359. The largest absolute Gasteiger partial charge is 0.309 e. The minimum Gasteiger partial charge on any atom is -0.309 e. The molecule has 1 unspecified atom stereocenters. The van der Waals surface area contributed by atoms with Gasteiger partial charge in [-0.15, -0.1) is 0 Å². The molecule has 0 aromatic carbocycles. The van der Waals surface area contributed by atoms with Gasteiger partial charge in [-0.05, 0) is 27.1 Å². The average molecular weight is 301 g/mol. The third-order valence-electron chi connectivity index (χ3n) is 3.47. The van der Waals surface area contributed by atoms with Crippen LogP contribution in [0.25, 0.3) is 0 Å². The fourth-order valence-electron chi connectivity index (χ4n) is 2.37. The van der Waals surface area contributed by atoms with Crippen LogP contribution in [0.5, 0.6) is 0 Å². The van der Waals surface area contributed by atoms with Crippen molar-refractivity contribution in [3.05, 3.63) is 16.9 Å². The molecule has 4 nitrogen and oxygen atoms in total. The van der Waals surface area contributed by atoms with Crippen LogP contribution in [0.1, 0.15) is 51.3 Å². The minimum absolute atomic E-state index is 0.309. The van der Waals surface area contributed by atoms with Crippen LogP contribution in [0.2, 0.25) is 5.02 Å². The second-order valence-electron chi connectivity index (χ2n) is 5.51. The molecule has 0 saturated carbocycles. The monoisotopic (exact) mass is 300 g/mol.